The van der Waals surface area contributed by atoms with Gasteiger partial charge in [-0.3, -0.25) is 4.79 Å². The number of hydrogen-bond acceptors (Lipinski definition) is 3. The maximum atomic E-state index is 12.6. The molecule has 2 aromatic rings. The topological polar surface area (TPSA) is 61.9 Å². The van der Waals surface area contributed by atoms with E-state index in [1.165, 1.54) is 5.56 Å². The number of amides is 3. The van der Waals surface area contributed by atoms with E-state index in [4.69, 9.17) is 4.74 Å². The Morgan fingerprint density at radius 3 is 2.50 bits per heavy atom. The maximum absolute atomic E-state index is 12.6. The van der Waals surface area contributed by atoms with Crippen molar-refractivity contribution in [1.29, 1.82) is 0 Å². The highest BCUT2D eigenvalue weighted by molar-refractivity contribution is 5.78. The Morgan fingerprint density at radius 1 is 1.07 bits per heavy atom. The molecule has 0 bridgehead atoms. The molecule has 1 atom stereocenters. The first-order chi connectivity index (χ1) is 13.5. The summed E-state index contributed by atoms with van der Waals surface area (Å²) in [6.07, 6.45) is 0.754. The minimum absolute atomic E-state index is 0.00697. The van der Waals surface area contributed by atoms with Gasteiger partial charge in [0, 0.05) is 20.1 Å². The Hall–Kier alpha value is -2.86. The van der Waals surface area contributed by atoms with E-state index in [1.54, 1.807) is 16.8 Å². The summed E-state index contributed by atoms with van der Waals surface area (Å²) in [6.45, 7) is 2.27. The molecule has 0 unspecified atom stereocenters. The van der Waals surface area contributed by atoms with Gasteiger partial charge in [-0.15, -0.1) is 0 Å². The number of likely N-dealkylation sites (tertiary alicyclic amines) is 1. The van der Waals surface area contributed by atoms with Crippen LogP contribution in [-0.2, 0) is 16.1 Å². The SMILES string of the molecule is CN1C[C@@]2(CCN(C(=O)NCc3ccc(-c4ccccc4)cc3)C2)OCC1=O. The lowest BCUT2D eigenvalue weighted by Gasteiger charge is -2.38. The summed E-state index contributed by atoms with van der Waals surface area (Å²) in [6, 6.07) is 18.4. The van der Waals surface area contributed by atoms with Crippen LogP contribution in [0.25, 0.3) is 11.1 Å². The summed E-state index contributed by atoms with van der Waals surface area (Å²) in [5, 5.41) is 2.99. The first kappa shape index (κ1) is 18.5. The van der Waals surface area contributed by atoms with E-state index < -0.39 is 5.60 Å². The van der Waals surface area contributed by atoms with Gasteiger partial charge < -0.3 is 19.9 Å². The number of nitrogens with one attached hydrogen (secondary N) is 1. The molecule has 2 aliphatic rings. The van der Waals surface area contributed by atoms with Gasteiger partial charge in [0.25, 0.3) is 0 Å². The van der Waals surface area contributed by atoms with Crippen LogP contribution in [0, 0.1) is 0 Å². The molecule has 2 heterocycles. The fourth-order valence-corrected chi connectivity index (χ4v) is 3.89. The minimum atomic E-state index is -0.419. The molecule has 2 aromatic carbocycles. The number of morpholine rings is 1. The Bertz CT molecular complexity index is 853. The van der Waals surface area contributed by atoms with Gasteiger partial charge in [0.05, 0.1) is 13.1 Å². The summed E-state index contributed by atoms with van der Waals surface area (Å²) in [7, 11) is 1.79. The Labute approximate surface area is 165 Å². The number of hydrogen-bond donors (Lipinski definition) is 1. The molecule has 4 rings (SSSR count). The zero-order valence-corrected chi connectivity index (χ0v) is 16.1. The maximum Gasteiger partial charge on any atom is 0.317 e. The molecule has 0 aromatic heterocycles. The summed E-state index contributed by atoms with van der Waals surface area (Å²) >= 11 is 0. The number of benzene rings is 2. The second-order valence-corrected chi connectivity index (χ2v) is 7.61. The number of nitrogens with zero attached hydrogens (tertiary/aromatic N) is 2. The smallest absolute Gasteiger partial charge is 0.317 e. The molecule has 2 fully saturated rings. The van der Waals surface area contributed by atoms with Gasteiger partial charge in [-0.25, -0.2) is 4.79 Å². The van der Waals surface area contributed by atoms with E-state index in [9.17, 15) is 9.59 Å². The third-order valence-corrected chi connectivity index (χ3v) is 5.56. The van der Waals surface area contributed by atoms with Crippen LogP contribution >= 0.6 is 0 Å². The number of rotatable bonds is 3. The molecule has 1 N–H and O–H groups in total. The van der Waals surface area contributed by atoms with Crippen molar-refractivity contribution in [3.8, 4) is 11.1 Å². The second kappa shape index (κ2) is 7.64. The third-order valence-electron chi connectivity index (χ3n) is 5.56. The van der Waals surface area contributed by atoms with Gasteiger partial charge in [-0.2, -0.15) is 0 Å². The zero-order valence-electron chi connectivity index (χ0n) is 16.1. The van der Waals surface area contributed by atoms with Crippen LogP contribution in [0.3, 0.4) is 0 Å². The summed E-state index contributed by atoms with van der Waals surface area (Å²) in [5.41, 5.74) is 2.97. The molecule has 1 spiro atoms. The van der Waals surface area contributed by atoms with E-state index in [2.05, 4.69) is 29.6 Å². The molecule has 3 amide bonds. The lowest BCUT2D eigenvalue weighted by molar-refractivity contribution is -0.158. The quantitative estimate of drug-likeness (QED) is 0.891. The molecular weight excluding hydrogens is 354 g/mol. The number of ether oxygens (including phenoxy) is 1. The number of likely N-dealkylation sites (N-methyl/N-ethyl adjacent to an activating group) is 1. The van der Waals surface area contributed by atoms with Crippen LogP contribution in [0.5, 0.6) is 0 Å². The van der Waals surface area contributed by atoms with E-state index in [1.807, 2.05) is 30.3 Å². The predicted molar refractivity (Wildman–Crippen MR) is 107 cm³/mol. The second-order valence-electron chi connectivity index (χ2n) is 7.61. The fraction of sp³-hybridized carbons (Fsp3) is 0.364. The van der Waals surface area contributed by atoms with Crippen LogP contribution in [0.2, 0.25) is 0 Å². The van der Waals surface area contributed by atoms with Crippen molar-refractivity contribution < 1.29 is 14.3 Å². The highest BCUT2D eigenvalue weighted by Gasteiger charge is 2.45. The Morgan fingerprint density at radius 2 is 1.79 bits per heavy atom. The third kappa shape index (κ3) is 3.87. The van der Waals surface area contributed by atoms with E-state index in [0.717, 1.165) is 17.5 Å². The van der Waals surface area contributed by atoms with Crippen LogP contribution in [0.1, 0.15) is 12.0 Å². The highest BCUT2D eigenvalue weighted by Crippen LogP contribution is 2.29. The van der Waals surface area contributed by atoms with Crippen molar-refractivity contribution in [2.75, 3.05) is 33.3 Å². The summed E-state index contributed by atoms with van der Waals surface area (Å²) in [4.78, 5) is 27.7. The van der Waals surface area contributed by atoms with Gasteiger partial charge in [-0.05, 0) is 23.1 Å². The average Bonchev–Trinajstić information content (AvgIpc) is 3.14. The Balaban J connectivity index is 1.31. The molecule has 0 aliphatic carbocycles. The molecule has 2 saturated heterocycles. The molecule has 0 radical (unpaired) electrons. The first-order valence-corrected chi connectivity index (χ1v) is 9.60. The van der Waals surface area contributed by atoms with Crippen molar-refractivity contribution in [1.82, 2.24) is 15.1 Å². The van der Waals surface area contributed by atoms with Crippen LogP contribution in [0.4, 0.5) is 4.79 Å². The van der Waals surface area contributed by atoms with Gasteiger partial charge in [0.2, 0.25) is 5.91 Å². The minimum Gasteiger partial charge on any atom is -0.361 e. The van der Waals surface area contributed by atoms with E-state index in [-0.39, 0.29) is 18.5 Å². The molecule has 146 valence electrons. The van der Waals surface area contributed by atoms with Crippen molar-refractivity contribution in [2.45, 2.75) is 18.6 Å². The predicted octanol–water partition coefficient (Wildman–Crippen LogP) is 2.50. The summed E-state index contributed by atoms with van der Waals surface area (Å²) < 4.78 is 5.79. The normalized spacial score (nSPS) is 22.0. The summed E-state index contributed by atoms with van der Waals surface area (Å²) in [5.74, 6) is -0.00697. The van der Waals surface area contributed by atoms with E-state index >= 15 is 0 Å². The van der Waals surface area contributed by atoms with Gasteiger partial charge >= 0.3 is 6.03 Å². The average molecular weight is 379 g/mol. The number of carbonyl (C=O) groups excluding carboxylic acids is 2. The highest BCUT2D eigenvalue weighted by atomic mass is 16.5. The largest absolute Gasteiger partial charge is 0.361 e. The molecular formula is C22H25N3O3. The Kier molecular flexibility index (Phi) is 5.05. The molecule has 6 heteroatoms. The van der Waals surface area contributed by atoms with Crippen molar-refractivity contribution >= 4 is 11.9 Å². The van der Waals surface area contributed by atoms with Crippen LogP contribution < -0.4 is 5.32 Å². The van der Waals surface area contributed by atoms with Crippen molar-refractivity contribution in [3.05, 3.63) is 60.2 Å². The monoisotopic (exact) mass is 379 g/mol. The van der Waals surface area contributed by atoms with Crippen LogP contribution in [0.15, 0.2) is 54.6 Å². The lowest BCUT2D eigenvalue weighted by Crippen LogP contribution is -2.55. The fourth-order valence-electron chi connectivity index (χ4n) is 3.89. The van der Waals surface area contributed by atoms with Crippen molar-refractivity contribution in [3.63, 3.8) is 0 Å². The van der Waals surface area contributed by atoms with Crippen molar-refractivity contribution in [2.24, 2.45) is 0 Å². The van der Waals surface area contributed by atoms with Gasteiger partial charge in [-0.1, -0.05) is 54.6 Å². The van der Waals surface area contributed by atoms with Crippen LogP contribution in [-0.4, -0.2) is 60.6 Å². The molecule has 0 saturated carbocycles. The standard InChI is InChI=1S/C22H25N3O3/c1-24-15-22(28-14-20(24)26)11-12-25(16-22)21(27)23-13-17-7-9-19(10-8-17)18-5-3-2-4-6-18/h2-10H,11-16H2,1H3,(H,23,27)/t22-/m1/s1. The number of urea groups is 1. The number of carbonyl (C=O) groups is 2. The molecule has 6 nitrogen and oxygen atoms in total. The van der Waals surface area contributed by atoms with E-state index in [0.29, 0.717) is 26.2 Å². The first-order valence-electron chi connectivity index (χ1n) is 9.60. The van der Waals surface area contributed by atoms with Gasteiger partial charge in [0.1, 0.15) is 12.2 Å². The lowest BCUT2D eigenvalue weighted by atomic mass is 10.0. The zero-order chi connectivity index (χ0) is 19.6. The molecule has 2 aliphatic heterocycles. The van der Waals surface area contributed by atoms with Gasteiger partial charge in [0.15, 0.2) is 0 Å². The molecule has 28 heavy (non-hydrogen) atoms.